The van der Waals surface area contributed by atoms with Crippen molar-refractivity contribution in [3.05, 3.63) is 42.9 Å². The van der Waals surface area contributed by atoms with E-state index in [1.54, 1.807) is 12.4 Å². The number of hydrogen-bond acceptors (Lipinski definition) is 2. The second-order valence-corrected chi connectivity index (χ2v) is 3.04. The molecular weight excluding hydrogens is 176 g/mol. The molecule has 0 amide bonds. The summed E-state index contributed by atoms with van der Waals surface area (Å²) in [6, 6.07) is 7.91. The predicted octanol–water partition coefficient (Wildman–Crippen LogP) is 1.75. The Bertz CT molecular complexity index is 550. The molecule has 68 valence electrons. The molecule has 3 aromatic heterocycles. The molecule has 3 rings (SSSR count). The molecule has 4 heteroatoms. The highest BCUT2D eigenvalue weighted by Crippen LogP contribution is 2.15. The van der Waals surface area contributed by atoms with Crippen LogP contribution in [0.15, 0.2) is 42.9 Å². The highest BCUT2D eigenvalue weighted by atomic mass is 15.2. The van der Waals surface area contributed by atoms with Gasteiger partial charge in [-0.3, -0.25) is 9.67 Å². The normalized spacial score (nSPS) is 10.9. The molecule has 14 heavy (non-hydrogen) atoms. The summed E-state index contributed by atoms with van der Waals surface area (Å²) in [4.78, 5) is 4.31. The maximum Gasteiger partial charge on any atom is 0.145 e. The Kier molecular flexibility index (Phi) is 1.41. The Morgan fingerprint density at radius 1 is 1.14 bits per heavy atom. The SMILES string of the molecule is c1cnc2c(c1)ccn2-c1ccn[nH]1. The van der Waals surface area contributed by atoms with Crippen molar-refractivity contribution in [1.29, 1.82) is 0 Å². The maximum absolute atomic E-state index is 4.31. The molecule has 0 fully saturated rings. The third-order valence-corrected chi connectivity index (χ3v) is 2.19. The quantitative estimate of drug-likeness (QED) is 0.626. The molecule has 0 spiro atoms. The van der Waals surface area contributed by atoms with Gasteiger partial charge in [0.1, 0.15) is 11.5 Å². The Labute approximate surface area is 80.2 Å². The first-order chi connectivity index (χ1) is 6.95. The number of aromatic amines is 1. The van der Waals surface area contributed by atoms with Gasteiger partial charge in [0, 0.05) is 23.8 Å². The molecule has 0 saturated carbocycles. The van der Waals surface area contributed by atoms with Crippen LogP contribution < -0.4 is 0 Å². The van der Waals surface area contributed by atoms with Crippen LogP contribution in [0, 0.1) is 0 Å². The van der Waals surface area contributed by atoms with Crippen LogP contribution in [0.5, 0.6) is 0 Å². The van der Waals surface area contributed by atoms with E-state index in [9.17, 15) is 0 Å². The fraction of sp³-hybridized carbons (Fsp3) is 0. The van der Waals surface area contributed by atoms with E-state index in [4.69, 9.17) is 0 Å². The number of H-pyrrole nitrogens is 1. The zero-order valence-corrected chi connectivity index (χ0v) is 7.38. The van der Waals surface area contributed by atoms with Crippen molar-refractivity contribution in [3.8, 4) is 5.82 Å². The molecular formula is C10H8N4. The molecule has 0 bridgehead atoms. The number of aromatic nitrogens is 4. The lowest BCUT2D eigenvalue weighted by Crippen LogP contribution is -1.93. The number of rotatable bonds is 1. The Hall–Kier alpha value is -2.10. The van der Waals surface area contributed by atoms with E-state index < -0.39 is 0 Å². The smallest absolute Gasteiger partial charge is 0.145 e. The van der Waals surface area contributed by atoms with Crippen molar-refractivity contribution in [1.82, 2.24) is 19.7 Å². The van der Waals surface area contributed by atoms with Gasteiger partial charge in [-0.2, -0.15) is 5.10 Å². The number of nitrogens with one attached hydrogen (secondary N) is 1. The summed E-state index contributed by atoms with van der Waals surface area (Å²) in [5, 5.41) is 7.94. The van der Waals surface area contributed by atoms with Crippen molar-refractivity contribution in [2.75, 3.05) is 0 Å². The van der Waals surface area contributed by atoms with Crippen LogP contribution in [0.4, 0.5) is 0 Å². The van der Waals surface area contributed by atoms with E-state index in [1.807, 2.05) is 35.0 Å². The van der Waals surface area contributed by atoms with Crippen LogP contribution in [0.2, 0.25) is 0 Å². The highest BCUT2D eigenvalue weighted by molar-refractivity contribution is 5.77. The molecule has 3 heterocycles. The summed E-state index contributed by atoms with van der Waals surface area (Å²) < 4.78 is 1.97. The topological polar surface area (TPSA) is 46.5 Å². The van der Waals surface area contributed by atoms with Gasteiger partial charge in [-0.25, -0.2) is 4.98 Å². The van der Waals surface area contributed by atoms with Crippen LogP contribution in [0.3, 0.4) is 0 Å². The van der Waals surface area contributed by atoms with Gasteiger partial charge in [-0.1, -0.05) is 0 Å². The van der Waals surface area contributed by atoms with Crippen LogP contribution in [0.25, 0.3) is 16.9 Å². The van der Waals surface area contributed by atoms with E-state index >= 15 is 0 Å². The van der Waals surface area contributed by atoms with Crippen molar-refractivity contribution in [3.63, 3.8) is 0 Å². The molecule has 0 atom stereocenters. The van der Waals surface area contributed by atoms with E-state index in [-0.39, 0.29) is 0 Å². The number of fused-ring (bicyclic) bond motifs is 1. The first kappa shape index (κ1) is 7.32. The lowest BCUT2D eigenvalue weighted by Gasteiger charge is -1.98. The van der Waals surface area contributed by atoms with Gasteiger partial charge < -0.3 is 0 Å². The molecule has 0 saturated heterocycles. The molecule has 0 aliphatic heterocycles. The molecule has 4 nitrogen and oxygen atoms in total. The summed E-state index contributed by atoms with van der Waals surface area (Å²) in [6.45, 7) is 0. The third-order valence-electron chi connectivity index (χ3n) is 2.19. The van der Waals surface area contributed by atoms with Crippen LogP contribution in [0.1, 0.15) is 0 Å². The molecule has 0 unspecified atom stereocenters. The van der Waals surface area contributed by atoms with Crippen LogP contribution in [-0.2, 0) is 0 Å². The molecule has 3 aromatic rings. The van der Waals surface area contributed by atoms with Gasteiger partial charge in [0.25, 0.3) is 0 Å². The average Bonchev–Trinajstić information content (AvgIpc) is 2.85. The fourth-order valence-corrected chi connectivity index (χ4v) is 1.54. The largest absolute Gasteiger partial charge is 0.286 e. The molecule has 0 radical (unpaired) electrons. The number of pyridine rings is 1. The summed E-state index contributed by atoms with van der Waals surface area (Å²) in [5.74, 6) is 0.929. The van der Waals surface area contributed by atoms with Crippen LogP contribution in [-0.4, -0.2) is 19.7 Å². The average molecular weight is 184 g/mol. The van der Waals surface area contributed by atoms with Crippen LogP contribution >= 0.6 is 0 Å². The summed E-state index contributed by atoms with van der Waals surface area (Å²) >= 11 is 0. The third kappa shape index (κ3) is 0.939. The van der Waals surface area contributed by atoms with Crippen molar-refractivity contribution < 1.29 is 0 Å². The van der Waals surface area contributed by atoms with Gasteiger partial charge >= 0.3 is 0 Å². The van der Waals surface area contributed by atoms with E-state index in [0.717, 1.165) is 16.9 Å². The molecule has 0 aliphatic carbocycles. The zero-order chi connectivity index (χ0) is 9.38. The second-order valence-electron chi connectivity index (χ2n) is 3.04. The van der Waals surface area contributed by atoms with Crippen molar-refractivity contribution in [2.24, 2.45) is 0 Å². The van der Waals surface area contributed by atoms with E-state index in [1.165, 1.54) is 0 Å². The van der Waals surface area contributed by atoms with Crippen molar-refractivity contribution >= 4 is 11.0 Å². The molecule has 1 N–H and O–H groups in total. The van der Waals surface area contributed by atoms with Crippen molar-refractivity contribution in [2.45, 2.75) is 0 Å². The summed E-state index contributed by atoms with van der Waals surface area (Å²) in [5.41, 5.74) is 0.941. The maximum atomic E-state index is 4.31. The fourth-order valence-electron chi connectivity index (χ4n) is 1.54. The standard InChI is InChI=1S/C10H8N4/c1-2-8-4-7-14(10(8)11-5-1)9-3-6-12-13-9/h1-7H,(H,12,13). The minimum absolute atomic E-state index is 0.929. The summed E-state index contributed by atoms with van der Waals surface area (Å²) in [7, 11) is 0. The monoisotopic (exact) mass is 184 g/mol. The van der Waals surface area contributed by atoms with Gasteiger partial charge in [0.15, 0.2) is 0 Å². The predicted molar refractivity (Wildman–Crippen MR) is 53.2 cm³/mol. The Balaban J connectivity index is 2.33. The lowest BCUT2D eigenvalue weighted by atomic mass is 10.3. The minimum atomic E-state index is 0.929. The molecule has 0 aromatic carbocycles. The lowest BCUT2D eigenvalue weighted by molar-refractivity contribution is 0.976. The Morgan fingerprint density at radius 3 is 3.00 bits per heavy atom. The minimum Gasteiger partial charge on any atom is -0.286 e. The second kappa shape index (κ2) is 2.70. The van der Waals surface area contributed by atoms with Gasteiger partial charge in [-0.15, -0.1) is 0 Å². The van der Waals surface area contributed by atoms with E-state index in [0.29, 0.717) is 0 Å². The first-order valence-electron chi connectivity index (χ1n) is 4.37. The van der Waals surface area contributed by atoms with E-state index in [2.05, 4.69) is 15.2 Å². The van der Waals surface area contributed by atoms with Gasteiger partial charge in [-0.05, 0) is 18.2 Å². The van der Waals surface area contributed by atoms with Gasteiger partial charge in [0.2, 0.25) is 0 Å². The number of hydrogen-bond donors (Lipinski definition) is 1. The summed E-state index contributed by atoms with van der Waals surface area (Å²) in [6.07, 6.45) is 5.49. The Morgan fingerprint density at radius 2 is 2.14 bits per heavy atom. The highest BCUT2D eigenvalue weighted by Gasteiger charge is 2.03. The number of nitrogens with zero attached hydrogens (tertiary/aromatic N) is 3. The zero-order valence-electron chi connectivity index (χ0n) is 7.38. The molecule has 0 aliphatic rings. The first-order valence-corrected chi connectivity index (χ1v) is 4.37. The van der Waals surface area contributed by atoms with Gasteiger partial charge in [0.05, 0.1) is 6.20 Å².